The van der Waals surface area contributed by atoms with Crippen LogP contribution in [0.4, 0.5) is 24.5 Å². The molecule has 0 unspecified atom stereocenters. The molecule has 21 heavy (non-hydrogen) atoms. The third kappa shape index (κ3) is 3.50. The van der Waals surface area contributed by atoms with Crippen molar-refractivity contribution in [3.63, 3.8) is 0 Å². The van der Waals surface area contributed by atoms with Crippen molar-refractivity contribution < 1.29 is 23.1 Å². The molecule has 0 aliphatic rings. The number of nitrogens with zero attached hydrogens (tertiary/aromatic N) is 1. The number of carbonyl (C=O) groups is 1. The van der Waals surface area contributed by atoms with Crippen molar-refractivity contribution in [2.24, 2.45) is 0 Å². The molecule has 0 aliphatic carbocycles. The van der Waals surface area contributed by atoms with Crippen LogP contribution in [-0.4, -0.2) is 16.1 Å². The van der Waals surface area contributed by atoms with Gasteiger partial charge in [0.15, 0.2) is 0 Å². The first-order valence-electron chi connectivity index (χ1n) is 5.91. The van der Waals surface area contributed by atoms with Gasteiger partial charge in [-0.25, -0.2) is 4.79 Å². The van der Waals surface area contributed by atoms with Crippen LogP contribution in [0.1, 0.15) is 21.6 Å². The van der Waals surface area contributed by atoms with Crippen LogP contribution in [0.15, 0.2) is 36.5 Å². The Bertz CT molecular complexity index is 667. The van der Waals surface area contributed by atoms with E-state index in [0.29, 0.717) is 11.4 Å². The lowest BCUT2D eigenvalue weighted by atomic mass is 10.1. The third-order valence-corrected chi connectivity index (χ3v) is 2.76. The zero-order chi connectivity index (χ0) is 15.6. The number of aromatic nitrogens is 1. The summed E-state index contributed by atoms with van der Waals surface area (Å²) >= 11 is 0. The lowest BCUT2D eigenvalue weighted by molar-refractivity contribution is -0.137. The van der Waals surface area contributed by atoms with Crippen molar-refractivity contribution in [1.82, 2.24) is 4.98 Å². The molecule has 4 nitrogen and oxygen atoms in total. The van der Waals surface area contributed by atoms with E-state index in [1.165, 1.54) is 24.4 Å². The van der Waals surface area contributed by atoms with Crippen molar-refractivity contribution in [3.8, 4) is 0 Å². The Morgan fingerprint density at radius 1 is 1.24 bits per heavy atom. The van der Waals surface area contributed by atoms with Crippen molar-refractivity contribution in [2.45, 2.75) is 13.1 Å². The molecule has 1 aromatic heterocycles. The molecule has 0 saturated heterocycles. The fourth-order valence-electron chi connectivity index (χ4n) is 1.73. The molecule has 0 spiro atoms. The zero-order valence-electron chi connectivity index (χ0n) is 10.9. The number of aryl methyl sites for hydroxylation is 1. The molecule has 110 valence electrons. The molecule has 2 rings (SSSR count). The van der Waals surface area contributed by atoms with E-state index in [1.54, 1.807) is 6.92 Å². The third-order valence-electron chi connectivity index (χ3n) is 2.76. The number of aromatic carboxylic acids is 1. The molecule has 7 heteroatoms. The van der Waals surface area contributed by atoms with Crippen LogP contribution >= 0.6 is 0 Å². The Hall–Kier alpha value is -2.57. The maximum atomic E-state index is 12.5. The van der Waals surface area contributed by atoms with E-state index in [0.717, 1.165) is 12.1 Å². The van der Waals surface area contributed by atoms with Gasteiger partial charge in [-0.1, -0.05) is 0 Å². The summed E-state index contributed by atoms with van der Waals surface area (Å²) in [5.41, 5.74) is 0.401. The van der Waals surface area contributed by atoms with E-state index < -0.39 is 17.7 Å². The Balaban J connectivity index is 2.30. The van der Waals surface area contributed by atoms with Gasteiger partial charge in [-0.3, -0.25) is 4.98 Å². The summed E-state index contributed by atoms with van der Waals surface area (Å²) in [6.07, 6.45) is -3.21. The van der Waals surface area contributed by atoms with E-state index in [2.05, 4.69) is 10.3 Å². The molecule has 2 aromatic rings. The second-order valence-corrected chi connectivity index (χ2v) is 4.38. The average molecular weight is 296 g/mol. The molecule has 0 radical (unpaired) electrons. The molecule has 2 N–H and O–H groups in total. The Kier molecular flexibility index (Phi) is 3.84. The maximum Gasteiger partial charge on any atom is 0.416 e. The lowest BCUT2D eigenvalue weighted by Gasteiger charge is -2.11. The van der Waals surface area contributed by atoms with E-state index >= 15 is 0 Å². The summed E-state index contributed by atoms with van der Waals surface area (Å²) in [5.74, 6) is -1.17. The number of benzene rings is 1. The molecule has 0 fully saturated rings. The predicted molar refractivity (Wildman–Crippen MR) is 70.7 cm³/mol. The van der Waals surface area contributed by atoms with Gasteiger partial charge in [-0.05, 0) is 37.3 Å². The molecule has 0 atom stereocenters. The molecule has 0 bridgehead atoms. The quantitative estimate of drug-likeness (QED) is 0.903. The van der Waals surface area contributed by atoms with Crippen LogP contribution in [-0.2, 0) is 6.18 Å². The van der Waals surface area contributed by atoms with Gasteiger partial charge in [0.25, 0.3) is 0 Å². The number of hydrogen-bond acceptors (Lipinski definition) is 3. The van der Waals surface area contributed by atoms with Gasteiger partial charge in [0, 0.05) is 17.6 Å². The van der Waals surface area contributed by atoms with Crippen LogP contribution in [0.3, 0.4) is 0 Å². The van der Waals surface area contributed by atoms with Crippen LogP contribution < -0.4 is 5.32 Å². The highest BCUT2D eigenvalue weighted by molar-refractivity contribution is 5.94. The van der Waals surface area contributed by atoms with E-state index in [9.17, 15) is 18.0 Å². The predicted octanol–water partition coefficient (Wildman–Crippen LogP) is 3.85. The largest absolute Gasteiger partial charge is 0.478 e. The summed E-state index contributed by atoms with van der Waals surface area (Å²) < 4.78 is 37.4. The summed E-state index contributed by atoms with van der Waals surface area (Å²) in [4.78, 5) is 15.0. The van der Waals surface area contributed by atoms with Gasteiger partial charge in [0.05, 0.1) is 11.3 Å². The van der Waals surface area contributed by atoms with Crippen molar-refractivity contribution in [2.75, 3.05) is 5.32 Å². The fraction of sp³-hybridized carbons (Fsp3) is 0.143. The van der Waals surface area contributed by atoms with Gasteiger partial charge in [-0.2, -0.15) is 13.2 Å². The minimum atomic E-state index is -4.40. The van der Waals surface area contributed by atoms with Crippen LogP contribution in [0, 0.1) is 6.92 Å². The smallest absolute Gasteiger partial charge is 0.416 e. The van der Waals surface area contributed by atoms with Crippen molar-refractivity contribution in [1.29, 1.82) is 0 Å². The number of hydrogen-bond donors (Lipinski definition) is 2. The van der Waals surface area contributed by atoms with E-state index in [1.807, 2.05) is 0 Å². The monoisotopic (exact) mass is 296 g/mol. The average Bonchev–Trinajstić information content (AvgIpc) is 2.38. The van der Waals surface area contributed by atoms with Gasteiger partial charge in [-0.15, -0.1) is 0 Å². The molecular weight excluding hydrogens is 285 g/mol. The highest BCUT2D eigenvalue weighted by Crippen LogP contribution is 2.30. The Labute approximate surface area is 118 Å². The Morgan fingerprint density at radius 2 is 1.86 bits per heavy atom. The number of anilines is 2. The SMILES string of the molecule is Cc1cc(Nc2ccc(C(F)(F)F)cc2)c(C(=O)O)cn1. The first kappa shape index (κ1) is 14.8. The second-order valence-electron chi connectivity index (χ2n) is 4.38. The summed E-state index contributed by atoms with van der Waals surface area (Å²) in [6.45, 7) is 1.68. The minimum Gasteiger partial charge on any atom is -0.478 e. The minimum absolute atomic E-state index is 0.0551. The first-order chi connectivity index (χ1) is 9.77. The van der Waals surface area contributed by atoms with Gasteiger partial charge in [0.2, 0.25) is 0 Å². The second kappa shape index (κ2) is 5.43. The normalized spacial score (nSPS) is 11.2. The Morgan fingerprint density at radius 3 is 2.38 bits per heavy atom. The zero-order valence-corrected chi connectivity index (χ0v) is 10.9. The fourth-order valence-corrected chi connectivity index (χ4v) is 1.73. The highest BCUT2D eigenvalue weighted by atomic mass is 19.4. The number of alkyl halides is 3. The topological polar surface area (TPSA) is 62.2 Å². The number of halogens is 3. The number of carboxylic acids is 1. The van der Waals surface area contributed by atoms with Crippen LogP contribution in [0.5, 0.6) is 0 Å². The highest BCUT2D eigenvalue weighted by Gasteiger charge is 2.29. The van der Waals surface area contributed by atoms with Gasteiger partial charge in [0.1, 0.15) is 5.56 Å². The van der Waals surface area contributed by atoms with E-state index in [-0.39, 0.29) is 11.3 Å². The number of nitrogens with one attached hydrogen (secondary N) is 1. The maximum absolute atomic E-state index is 12.5. The first-order valence-corrected chi connectivity index (χ1v) is 5.91. The van der Waals surface area contributed by atoms with Crippen LogP contribution in [0.25, 0.3) is 0 Å². The standard InChI is InChI=1S/C14H11F3N2O2/c1-8-6-12(11(7-18-8)13(20)21)19-10-4-2-9(3-5-10)14(15,16)17/h2-7H,1H3,(H,18,19)(H,20,21). The van der Waals surface area contributed by atoms with Gasteiger partial charge >= 0.3 is 12.1 Å². The molecular formula is C14H11F3N2O2. The molecule has 1 aromatic carbocycles. The van der Waals surface area contributed by atoms with Crippen molar-refractivity contribution >= 4 is 17.3 Å². The number of rotatable bonds is 3. The van der Waals surface area contributed by atoms with E-state index in [4.69, 9.17) is 5.11 Å². The summed E-state index contributed by atoms with van der Waals surface area (Å²) in [7, 11) is 0. The number of carboxylic acid groups (broad SMARTS) is 1. The summed E-state index contributed by atoms with van der Waals surface area (Å²) in [6, 6.07) is 5.85. The number of pyridine rings is 1. The lowest BCUT2D eigenvalue weighted by Crippen LogP contribution is -2.06. The van der Waals surface area contributed by atoms with Crippen molar-refractivity contribution in [3.05, 3.63) is 53.3 Å². The van der Waals surface area contributed by atoms with Crippen LogP contribution in [0.2, 0.25) is 0 Å². The molecule has 0 saturated carbocycles. The summed E-state index contributed by atoms with van der Waals surface area (Å²) in [5, 5.41) is 11.8. The van der Waals surface area contributed by atoms with Gasteiger partial charge < -0.3 is 10.4 Å². The molecule has 1 heterocycles. The molecule has 0 aliphatic heterocycles. The molecule has 0 amide bonds.